The quantitative estimate of drug-likeness (QED) is 0.637. The van der Waals surface area contributed by atoms with E-state index in [9.17, 15) is 9.59 Å². The van der Waals surface area contributed by atoms with Gasteiger partial charge in [0.1, 0.15) is 5.70 Å². The number of carbonyl (C=O) groups is 2. The molecule has 0 fully saturated rings. The molecular formula is C14H18N2O3. The lowest BCUT2D eigenvalue weighted by atomic mass is 10.0. The Hall–Kier alpha value is -2.30. The largest absolute Gasteiger partial charge is 0.466 e. The van der Waals surface area contributed by atoms with Crippen molar-refractivity contribution < 1.29 is 14.3 Å². The van der Waals surface area contributed by atoms with E-state index < -0.39 is 11.9 Å². The molecule has 1 amide bonds. The molecule has 0 bridgehead atoms. The van der Waals surface area contributed by atoms with Crippen LogP contribution in [0.15, 0.2) is 23.9 Å². The number of benzene rings is 1. The lowest BCUT2D eigenvalue weighted by molar-refractivity contribution is -0.135. The number of carbonyl (C=O) groups excluding carboxylic acids is 2. The third-order valence-electron chi connectivity index (χ3n) is 2.67. The summed E-state index contributed by atoms with van der Waals surface area (Å²) in [5.74, 6) is -1.35. The molecule has 102 valence electrons. The molecular weight excluding hydrogens is 244 g/mol. The first kappa shape index (κ1) is 14.8. The molecule has 5 nitrogen and oxygen atoms in total. The fourth-order valence-corrected chi connectivity index (χ4v) is 1.86. The summed E-state index contributed by atoms with van der Waals surface area (Å²) in [5.41, 5.74) is 9.06. The number of aryl methyl sites for hydroxylation is 3. The van der Waals surface area contributed by atoms with Crippen molar-refractivity contribution in [2.45, 2.75) is 20.8 Å². The van der Waals surface area contributed by atoms with Crippen LogP contribution in [0.3, 0.4) is 0 Å². The average Bonchev–Trinajstić information content (AvgIpc) is 2.31. The van der Waals surface area contributed by atoms with Crippen molar-refractivity contribution in [3.8, 4) is 0 Å². The lowest BCUT2D eigenvalue weighted by Crippen LogP contribution is -2.22. The highest BCUT2D eigenvalue weighted by Crippen LogP contribution is 2.23. The lowest BCUT2D eigenvalue weighted by Gasteiger charge is -2.14. The smallest absolute Gasteiger partial charge is 0.332 e. The van der Waals surface area contributed by atoms with E-state index in [4.69, 9.17) is 5.73 Å². The van der Waals surface area contributed by atoms with Crippen LogP contribution < -0.4 is 11.1 Å². The summed E-state index contributed by atoms with van der Waals surface area (Å²) in [5, 5.41) is 2.89. The molecule has 19 heavy (non-hydrogen) atoms. The van der Waals surface area contributed by atoms with Crippen LogP contribution in [-0.2, 0) is 14.3 Å². The summed E-state index contributed by atoms with van der Waals surface area (Å²) in [7, 11) is 1.24. The molecule has 5 heteroatoms. The van der Waals surface area contributed by atoms with Crippen LogP contribution in [-0.4, -0.2) is 19.0 Å². The normalized spacial score (nSPS) is 11.1. The van der Waals surface area contributed by atoms with Crippen molar-refractivity contribution >= 4 is 17.6 Å². The van der Waals surface area contributed by atoms with Crippen molar-refractivity contribution in [1.82, 2.24) is 0 Å². The van der Waals surface area contributed by atoms with Crippen LogP contribution in [0.1, 0.15) is 16.7 Å². The van der Waals surface area contributed by atoms with Crippen LogP contribution in [0, 0.1) is 20.8 Å². The summed E-state index contributed by atoms with van der Waals surface area (Å²) in [6.07, 6.45) is 1.04. The second-order valence-electron chi connectivity index (χ2n) is 4.34. The van der Waals surface area contributed by atoms with Gasteiger partial charge in [0.05, 0.1) is 13.2 Å². The van der Waals surface area contributed by atoms with Gasteiger partial charge in [-0.2, -0.15) is 0 Å². The Bertz CT molecular complexity index is 525. The maximum absolute atomic E-state index is 11.3. The van der Waals surface area contributed by atoms with Gasteiger partial charge in [0, 0.05) is 5.69 Å². The summed E-state index contributed by atoms with van der Waals surface area (Å²) in [6.45, 7) is 5.82. The van der Waals surface area contributed by atoms with Crippen molar-refractivity contribution in [3.05, 3.63) is 40.6 Å². The van der Waals surface area contributed by atoms with Crippen LogP contribution >= 0.6 is 0 Å². The molecule has 0 spiro atoms. The monoisotopic (exact) mass is 262 g/mol. The topological polar surface area (TPSA) is 81.4 Å². The molecule has 0 unspecified atom stereocenters. The van der Waals surface area contributed by atoms with Gasteiger partial charge in [-0.15, -0.1) is 0 Å². The minimum Gasteiger partial charge on any atom is -0.466 e. The zero-order valence-electron chi connectivity index (χ0n) is 11.5. The Labute approximate surface area is 112 Å². The molecule has 1 rings (SSSR count). The van der Waals surface area contributed by atoms with Crippen molar-refractivity contribution in [3.63, 3.8) is 0 Å². The van der Waals surface area contributed by atoms with Gasteiger partial charge in [-0.25, -0.2) is 4.79 Å². The van der Waals surface area contributed by atoms with Crippen LogP contribution in [0.4, 0.5) is 5.69 Å². The molecule has 1 aromatic rings. The minimum atomic E-state index is -0.718. The van der Waals surface area contributed by atoms with Gasteiger partial charge in [0.2, 0.25) is 0 Å². The molecule has 0 radical (unpaired) electrons. The van der Waals surface area contributed by atoms with E-state index in [-0.39, 0.29) is 5.70 Å². The zero-order valence-corrected chi connectivity index (χ0v) is 11.5. The number of ether oxygens (including phenoxy) is 1. The number of primary amides is 1. The number of methoxy groups -OCH3 is 1. The number of hydrogen-bond acceptors (Lipinski definition) is 4. The first-order chi connectivity index (χ1) is 8.85. The Balaban J connectivity index is 3.15. The highest BCUT2D eigenvalue weighted by atomic mass is 16.5. The van der Waals surface area contributed by atoms with Gasteiger partial charge in [0.25, 0.3) is 5.91 Å². The average molecular weight is 262 g/mol. The van der Waals surface area contributed by atoms with Gasteiger partial charge < -0.3 is 15.8 Å². The Morgan fingerprint density at radius 2 is 1.74 bits per heavy atom. The fraction of sp³-hybridized carbons (Fsp3) is 0.286. The number of amides is 1. The molecule has 0 aliphatic carbocycles. The van der Waals surface area contributed by atoms with Crippen LogP contribution in [0.5, 0.6) is 0 Å². The highest BCUT2D eigenvalue weighted by molar-refractivity contribution is 6.01. The molecule has 3 N–H and O–H groups in total. The number of anilines is 1. The summed E-state index contributed by atoms with van der Waals surface area (Å²) in [4.78, 5) is 22.5. The maximum atomic E-state index is 11.3. The molecule has 0 aliphatic heterocycles. The molecule has 0 heterocycles. The summed E-state index contributed by atoms with van der Waals surface area (Å²) >= 11 is 0. The van der Waals surface area contributed by atoms with E-state index in [1.807, 2.05) is 32.9 Å². The van der Waals surface area contributed by atoms with E-state index >= 15 is 0 Å². The van der Waals surface area contributed by atoms with Crippen LogP contribution in [0.25, 0.3) is 0 Å². The van der Waals surface area contributed by atoms with E-state index in [1.54, 1.807) is 0 Å². The van der Waals surface area contributed by atoms with E-state index in [2.05, 4.69) is 10.1 Å². The first-order valence-electron chi connectivity index (χ1n) is 5.79. The number of esters is 1. The SMILES string of the molecule is COC(=O)/C=C(\Nc1c(C)cc(C)cc1C)C(N)=O. The Morgan fingerprint density at radius 1 is 1.21 bits per heavy atom. The Morgan fingerprint density at radius 3 is 2.16 bits per heavy atom. The minimum absolute atomic E-state index is 0.00176. The number of rotatable bonds is 4. The zero-order chi connectivity index (χ0) is 14.6. The number of nitrogens with two attached hydrogens (primary N) is 1. The van der Waals surface area contributed by atoms with Crippen molar-refractivity contribution in [2.24, 2.45) is 5.73 Å². The summed E-state index contributed by atoms with van der Waals surface area (Å²) in [6, 6.07) is 3.96. The second-order valence-corrected chi connectivity index (χ2v) is 4.34. The van der Waals surface area contributed by atoms with Crippen LogP contribution in [0.2, 0.25) is 0 Å². The standard InChI is InChI=1S/C14H18N2O3/c1-8-5-9(2)13(10(3)6-8)16-11(14(15)18)7-12(17)19-4/h5-7,16H,1-4H3,(H2,15,18)/b11-7-. The van der Waals surface area contributed by atoms with Gasteiger partial charge in [-0.3, -0.25) is 4.79 Å². The number of hydrogen-bond donors (Lipinski definition) is 2. The van der Waals surface area contributed by atoms with Crippen molar-refractivity contribution in [2.75, 3.05) is 12.4 Å². The second kappa shape index (κ2) is 6.04. The molecule has 1 aromatic carbocycles. The predicted octanol–water partition coefficient (Wildman–Crippen LogP) is 1.57. The maximum Gasteiger partial charge on any atom is 0.332 e. The molecule has 0 saturated heterocycles. The highest BCUT2D eigenvalue weighted by Gasteiger charge is 2.11. The van der Waals surface area contributed by atoms with E-state index in [0.29, 0.717) is 0 Å². The van der Waals surface area contributed by atoms with Gasteiger partial charge >= 0.3 is 5.97 Å². The fourth-order valence-electron chi connectivity index (χ4n) is 1.86. The first-order valence-corrected chi connectivity index (χ1v) is 5.79. The molecule has 0 aliphatic rings. The van der Waals surface area contributed by atoms with E-state index in [0.717, 1.165) is 28.5 Å². The molecule has 0 saturated carbocycles. The Kier molecular flexibility index (Phi) is 4.69. The van der Waals surface area contributed by atoms with E-state index in [1.165, 1.54) is 7.11 Å². The third-order valence-corrected chi connectivity index (χ3v) is 2.67. The van der Waals surface area contributed by atoms with Crippen molar-refractivity contribution in [1.29, 1.82) is 0 Å². The third kappa shape index (κ3) is 3.84. The predicted molar refractivity (Wildman–Crippen MR) is 73.6 cm³/mol. The summed E-state index contributed by atoms with van der Waals surface area (Å²) < 4.78 is 4.49. The van der Waals surface area contributed by atoms with Gasteiger partial charge in [-0.1, -0.05) is 17.7 Å². The van der Waals surface area contributed by atoms with Gasteiger partial charge in [-0.05, 0) is 31.9 Å². The number of nitrogens with one attached hydrogen (secondary N) is 1. The van der Waals surface area contributed by atoms with Gasteiger partial charge in [0.15, 0.2) is 0 Å². The molecule has 0 aromatic heterocycles. The molecule has 0 atom stereocenters.